The van der Waals surface area contributed by atoms with E-state index < -0.39 is 0 Å². The number of carbonyl (C=O) groups is 1. The van der Waals surface area contributed by atoms with Crippen LogP contribution in [0.2, 0.25) is 4.34 Å². The predicted octanol–water partition coefficient (Wildman–Crippen LogP) is 4.34. The molecule has 2 aromatic rings. The monoisotopic (exact) mass is 293 g/mol. The van der Waals surface area contributed by atoms with Crippen LogP contribution in [0.1, 0.15) is 20.8 Å². The highest BCUT2D eigenvalue weighted by Crippen LogP contribution is 2.24. The molecular weight excluding hydrogens is 278 g/mol. The Morgan fingerprint density at radius 3 is 2.58 bits per heavy atom. The first-order chi connectivity index (χ1) is 8.97. The van der Waals surface area contributed by atoms with Crippen LogP contribution in [0.3, 0.4) is 0 Å². The topological polar surface area (TPSA) is 20.3 Å². The van der Waals surface area contributed by atoms with Crippen molar-refractivity contribution in [3.05, 3.63) is 50.7 Å². The lowest BCUT2D eigenvalue weighted by Gasteiger charge is -2.20. The number of nitrogens with zero attached hydrogens (tertiary/aromatic N) is 1. The zero-order valence-electron chi connectivity index (χ0n) is 11.2. The summed E-state index contributed by atoms with van der Waals surface area (Å²) in [5.74, 6) is 0.0966. The van der Waals surface area contributed by atoms with Crippen molar-refractivity contribution in [2.75, 3.05) is 18.5 Å². The molecule has 0 aliphatic heterocycles. The highest BCUT2D eigenvalue weighted by molar-refractivity contribution is 7.18. The third-order valence-corrected chi connectivity index (χ3v) is 4.26. The molecule has 0 radical (unpaired) electrons. The van der Waals surface area contributed by atoms with Crippen LogP contribution in [0, 0.1) is 13.8 Å². The van der Waals surface area contributed by atoms with Gasteiger partial charge in [-0.05, 0) is 37.6 Å². The maximum Gasteiger partial charge on any atom is 0.192 e. The number of halogens is 1. The molecular formula is C15H16ClNOS. The molecule has 0 bridgehead atoms. The average Bonchev–Trinajstić information content (AvgIpc) is 2.75. The summed E-state index contributed by atoms with van der Waals surface area (Å²) < 4.78 is 0.650. The molecule has 0 saturated carbocycles. The molecule has 0 aliphatic rings. The van der Waals surface area contributed by atoms with Gasteiger partial charge in [0.1, 0.15) is 0 Å². The molecule has 2 nitrogen and oxygen atoms in total. The number of hydrogen-bond acceptors (Lipinski definition) is 3. The summed E-state index contributed by atoms with van der Waals surface area (Å²) in [5.41, 5.74) is 3.49. The Kier molecular flexibility index (Phi) is 4.27. The van der Waals surface area contributed by atoms with Crippen molar-refractivity contribution in [1.29, 1.82) is 0 Å². The lowest BCUT2D eigenvalue weighted by Crippen LogP contribution is -2.25. The molecule has 0 aliphatic carbocycles. The standard InChI is InChI=1S/C15H16ClNOS/c1-10-4-5-12(11(2)8-10)17(3)9-13(18)14-6-7-15(16)19-14/h4-8H,9H2,1-3H3. The highest BCUT2D eigenvalue weighted by atomic mass is 35.5. The number of rotatable bonds is 4. The van der Waals surface area contributed by atoms with E-state index in [0.717, 1.165) is 5.69 Å². The Hall–Kier alpha value is -1.32. The number of aryl methyl sites for hydroxylation is 2. The minimum atomic E-state index is 0.0966. The largest absolute Gasteiger partial charge is 0.367 e. The van der Waals surface area contributed by atoms with E-state index in [-0.39, 0.29) is 5.78 Å². The Morgan fingerprint density at radius 2 is 2.00 bits per heavy atom. The van der Waals surface area contributed by atoms with E-state index in [4.69, 9.17) is 11.6 Å². The Labute approximate surface area is 122 Å². The number of thiophene rings is 1. The van der Waals surface area contributed by atoms with Crippen LogP contribution in [0.5, 0.6) is 0 Å². The molecule has 1 aromatic carbocycles. The highest BCUT2D eigenvalue weighted by Gasteiger charge is 2.13. The zero-order chi connectivity index (χ0) is 14.0. The van der Waals surface area contributed by atoms with Crippen LogP contribution in [0.25, 0.3) is 0 Å². The molecule has 0 spiro atoms. The van der Waals surface area contributed by atoms with Crippen molar-refractivity contribution >= 4 is 34.4 Å². The van der Waals surface area contributed by atoms with Crippen molar-refractivity contribution in [1.82, 2.24) is 0 Å². The van der Waals surface area contributed by atoms with Crippen molar-refractivity contribution in [3.63, 3.8) is 0 Å². The van der Waals surface area contributed by atoms with Crippen LogP contribution in [-0.4, -0.2) is 19.4 Å². The van der Waals surface area contributed by atoms with Crippen molar-refractivity contribution in [2.24, 2.45) is 0 Å². The normalized spacial score (nSPS) is 10.5. The van der Waals surface area contributed by atoms with Crippen molar-refractivity contribution in [2.45, 2.75) is 13.8 Å². The first-order valence-corrected chi connectivity index (χ1v) is 7.24. The van der Waals surface area contributed by atoms with Gasteiger partial charge in [-0.3, -0.25) is 4.79 Å². The Morgan fingerprint density at radius 1 is 1.26 bits per heavy atom. The summed E-state index contributed by atoms with van der Waals surface area (Å²) in [4.78, 5) is 14.8. The molecule has 100 valence electrons. The van der Waals surface area contributed by atoms with Crippen LogP contribution >= 0.6 is 22.9 Å². The first-order valence-electron chi connectivity index (χ1n) is 6.04. The predicted molar refractivity (Wildman–Crippen MR) is 82.8 cm³/mol. The van der Waals surface area contributed by atoms with Crippen LogP contribution in [-0.2, 0) is 0 Å². The summed E-state index contributed by atoms with van der Waals surface area (Å²) in [5, 5.41) is 0. The fourth-order valence-corrected chi connectivity index (χ4v) is 3.05. The van der Waals surface area contributed by atoms with E-state index in [2.05, 4.69) is 32.0 Å². The summed E-state index contributed by atoms with van der Waals surface area (Å²) in [6.45, 7) is 4.49. The fraction of sp³-hybridized carbons (Fsp3) is 0.267. The summed E-state index contributed by atoms with van der Waals surface area (Å²) in [7, 11) is 1.94. The number of Topliss-reactive ketones (excluding diaryl/α,β-unsaturated/α-hetero) is 1. The molecule has 0 N–H and O–H groups in total. The van der Waals surface area contributed by atoms with E-state index in [9.17, 15) is 4.79 Å². The van der Waals surface area contributed by atoms with Crippen LogP contribution < -0.4 is 4.90 Å². The van der Waals surface area contributed by atoms with E-state index in [1.54, 1.807) is 12.1 Å². The van der Waals surface area contributed by atoms with Gasteiger partial charge in [-0.1, -0.05) is 29.3 Å². The van der Waals surface area contributed by atoms with Gasteiger partial charge in [0.25, 0.3) is 0 Å². The molecule has 19 heavy (non-hydrogen) atoms. The van der Waals surface area contributed by atoms with Crippen molar-refractivity contribution < 1.29 is 4.79 Å². The Balaban J connectivity index is 2.12. The number of likely N-dealkylation sites (N-methyl/N-ethyl adjacent to an activating group) is 1. The third-order valence-electron chi connectivity index (χ3n) is 2.99. The molecule has 0 saturated heterocycles. The number of carbonyl (C=O) groups excluding carboxylic acids is 1. The van der Waals surface area contributed by atoms with E-state index in [1.165, 1.54) is 22.5 Å². The Bertz CT molecular complexity index is 606. The molecule has 1 heterocycles. The smallest absolute Gasteiger partial charge is 0.192 e. The lowest BCUT2D eigenvalue weighted by molar-refractivity contribution is 0.100. The quantitative estimate of drug-likeness (QED) is 0.782. The second-order valence-electron chi connectivity index (χ2n) is 4.67. The van der Waals surface area contributed by atoms with E-state index in [0.29, 0.717) is 15.8 Å². The van der Waals surface area contributed by atoms with E-state index in [1.807, 2.05) is 11.9 Å². The number of anilines is 1. The summed E-state index contributed by atoms with van der Waals surface area (Å²) >= 11 is 7.18. The third kappa shape index (κ3) is 3.37. The maximum atomic E-state index is 12.1. The molecule has 0 atom stereocenters. The van der Waals surface area contributed by atoms with Gasteiger partial charge in [0.2, 0.25) is 0 Å². The second kappa shape index (κ2) is 5.76. The van der Waals surface area contributed by atoms with Gasteiger partial charge in [0, 0.05) is 12.7 Å². The summed E-state index contributed by atoms with van der Waals surface area (Å²) in [6.07, 6.45) is 0. The minimum Gasteiger partial charge on any atom is -0.367 e. The number of ketones is 1. The zero-order valence-corrected chi connectivity index (χ0v) is 12.8. The fourth-order valence-electron chi connectivity index (χ4n) is 2.08. The first kappa shape index (κ1) is 14.1. The van der Waals surface area contributed by atoms with Crippen LogP contribution in [0.4, 0.5) is 5.69 Å². The molecule has 4 heteroatoms. The van der Waals surface area contributed by atoms with Gasteiger partial charge in [-0.25, -0.2) is 0 Å². The molecule has 1 aromatic heterocycles. The SMILES string of the molecule is Cc1ccc(N(C)CC(=O)c2ccc(Cl)s2)c(C)c1. The van der Waals surface area contributed by atoms with Gasteiger partial charge in [-0.15, -0.1) is 11.3 Å². The number of hydrogen-bond donors (Lipinski definition) is 0. The number of benzene rings is 1. The average molecular weight is 294 g/mol. The minimum absolute atomic E-state index is 0.0966. The van der Waals surface area contributed by atoms with Gasteiger partial charge in [0.05, 0.1) is 15.8 Å². The van der Waals surface area contributed by atoms with Crippen molar-refractivity contribution in [3.8, 4) is 0 Å². The molecule has 2 rings (SSSR count). The van der Waals surface area contributed by atoms with Gasteiger partial charge >= 0.3 is 0 Å². The second-order valence-corrected chi connectivity index (χ2v) is 6.39. The van der Waals surface area contributed by atoms with Gasteiger partial charge in [0.15, 0.2) is 5.78 Å². The van der Waals surface area contributed by atoms with Gasteiger partial charge < -0.3 is 4.90 Å². The maximum absolute atomic E-state index is 12.1. The van der Waals surface area contributed by atoms with Gasteiger partial charge in [-0.2, -0.15) is 0 Å². The lowest BCUT2D eigenvalue weighted by atomic mass is 10.1. The van der Waals surface area contributed by atoms with E-state index >= 15 is 0 Å². The van der Waals surface area contributed by atoms with Crippen LogP contribution in [0.15, 0.2) is 30.3 Å². The molecule has 0 unspecified atom stereocenters. The molecule has 0 amide bonds. The summed E-state index contributed by atoms with van der Waals surface area (Å²) in [6, 6.07) is 9.78. The molecule has 0 fully saturated rings.